The highest BCUT2D eigenvalue weighted by molar-refractivity contribution is 5.78. The fraction of sp³-hybridized carbons (Fsp3) is 0.696. The number of aliphatic hydroxyl groups is 1. The van der Waals surface area contributed by atoms with Crippen LogP contribution in [0.5, 0.6) is 0 Å². The summed E-state index contributed by atoms with van der Waals surface area (Å²) in [4.78, 5) is 19.4. The topological polar surface area (TPSA) is 47.0 Å². The normalized spacial score (nSPS) is 30.4. The molecule has 3 aliphatic rings. The van der Waals surface area contributed by atoms with E-state index in [2.05, 4.69) is 23.9 Å². The van der Waals surface area contributed by atoms with Crippen molar-refractivity contribution in [3.8, 4) is 0 Å². The number of nitrogens with zero attached hydrogens (tertiary/aromatic N) is 3. The molecule has 4 rings (SSSR count). The first-order valence-corrected chi connectivity index (χ1v) is 11.0. The molecule has 1 aromatic rings. The fourth-order valence-electron chi connectivity index (χ4n) is 5.69. The Kier molecular flexibility index (Phi) is 5.60. The molecule has 1 spiro atoms. The van der Waals surface area contributed by atoms with Gasteiger partial charge in [-0.3, -0.25) is 4.90 Å². The van der Waals surface area contributed by atoms with Crippen molar-refractivity contribution in [3.63, 3.8) is 0 Å². The maximum atomic E-state index is 13.5. The second kappa shape index (κ2) is 7.88. The molecule has 29 heavy (non-hydrogen) atoms. The van der Waals surface area contributed by atoms with E-state index in [0.29, 0.717) is 19.0 Å². The highest BCUT2D eigenvalue weighted by Gasteiger charge is 2.54. The summed E-state index contributed by atoms with van der Waals surface area (Å²) in [5.74, 6) is 0.421. The Balaban J connectivity index is 1.58. The molecule has 1 aromatic carbocycles. The van der Waals surface area contributed by atoms with Gasteiger partial charge in [0.15, 0.2) is 0 Å². The lowest BCUT2D eigenvalue weighted by molar-refractivity contribution is 0.0158. The zero-order valence-corrected chi connectivity index (χ0v) is 17.7. The van der Waals surface area contributed by atoms with Gasteiger partial charge in [-0.25, -0.2) is 9.18 Å². The van der Waals surface area contributed by atoms with Crippen LogP contribution in [-0.4, -0.2) is 71.7 Å². The predicted molar refractivity (Wildman–Crippen MR) is 111 cm³/mol. The van der Waals surface area contributed by atoms with Gasteiger partial charge < -0.3 is 14.9 Å². The van der Waals surface area contributed by atoms with E-state index in [-0.39, 0.29) is 29.5 Å². The Morgan fingerprint density at radius 1 is 1.14 bits per heavy atom. The minimum atomic E-state index is -0.206. The molecule has 0 bridgehead atoms. The van der Waals surface area contributed by atoms with Gasteiger partial charge in [0.25, 0.3) is 0 Å². The predicted octanol–water partition coefficient (Wildman–Crippen LogP) is 3.43. The van der Waals surface area contributed by atoms with Gasteiger partial charge in [-0.2, -0.15) is 0 Å². The molecule has 2 amide bonds. The van der Waals surface area contributed by atoms with Crippen LogP contribution >= 0.6 is 0 Å². The van der Waals surface area contributed by atoms with Crippen LogP contribution in [0.3, 0.4) is 0 Å². The summed E-state index contributed by atoms with van der Waals surface area (Å²) in [5, 5.41) is 9.43. The molecule has 6 heteroatoms. The summed E-state index contributed by atoms with van der Waals surface area (Å²) in [7, 11) is 4.21. The molecule has 3 fully saturated rings. The molecule has 1 N–H and O–H groups in total. The van der Waals surface area contributed by atoms with Crippen molar-refractivity contribution >= 4 is 6.03 Å². The first-order chi connectivity index (χ1) is 13.9. The Morgan fingerprint density at radius 3 is 2.31 bits per heavy atom. The number of β-amino-alcohol motifs (C(OH)–C–C–N with tert-alkyl or cyclic N) is 1. The van der Waals surface area contributed by atoms with Crippen molar-refractivity contribution in [2.24, 2.45) is 5.92 Å². The third kappa shape index (κ3) is 3.55. The number of amides is 2. The molecule has 0 aromatic heterocycles. The van der Waals surface area contributed by atoms with E-state index in [0.717, 1.165) is 37.8 Å². The maximum Gasteiger partial charge on any atom is 0.320 e. The van der Waals surface area contributed by atoms with Crippen LogP contribution < -0.4 is 0 Å². The van der Waals surface area contributed by atoms with E-state index >= 15 is 0 Å². The summed E-state index contributed by atoms with van der Waals surface area (Å²) in [6.45, 7) is 1.99. The Morgan fingerprint density at radius 2 is 1.79 bits per heavy atom. The molecule has 160 valence electrons. The number of hydrogen-bond acceptors (Lipinski definition) is 3. The molecule has 0 radical (unpaired) electrons. The van der Waals surface area contributed by atoms with Gasteiger partial charge in [0, 0.05) is 25.2 Å². The Labute approximate surface area is 173 Å². The average Bonchev–Trinajstić information content (AvgIpc) is 2.91. The molecule has 2 saturated carbocycles. The number of carbonyl (C=O) groups is 1. The van der Waals surface area contributed by atoms with Gasteiger partial charge in [-0.15, -0.1) is 0 Å². The number of halogens is 1. The zero-order chi connectivity index (χ0) is 20.6. The first kappa shape index (κ1) is 20.6. The standard InChI is InChI=1S/C23H34FN3O2/c1-25(2)23(19-6-8-20(24)9-7-19)12-10-22(11-13-23)17-26(14-15-28)21(29)27(22)16-18-4-3-5-18/h6-9,18,28H,3-5,10-17H2,1-2H3/t22-,23+. The van der Waals surface area contributed by atoms with Gasteiger partial charge >= 0.3 is 6.03 Å². The Hall–Kier alpha value is -1.66. The average molecular weight is 404 g/mol. The van der Waals surface area contributed by atoms with E-state index in [1.807, 2.05) is 17.0 Å². The third-order valence-corrected chi connectivity index (χ3v) is 7.84. The highest BCUT2D eigenvalue weighted by atomic mass is 19.1. The van der Waals surface area contributed by atoms with Crippen molar-refractivity contribution in [1.29, 1.82) is 0 Å². The monoisotopic (exact) mass is 403 g/mol. The van der Waals surface area contributed by atoms with Crippen molar-refractivity contribution in [2.45, 2.75) is 56.0 Å². The zero-order valence-electron chi connectivity index (χ0n) is 17.7. The summed E-state index contributed by atoms with van der Waals surface area (Å²) in [6, 6.07) is 7.03. The second-order valence-corrected chi connectivity index (χ2v) is 9.49. The molecule has 1 aliphatic heterocycles. The molecule has 2 aliphatic carbocycles. The largest absolute Gasteiger partial charge is 0.395 e. The third-order valence-electron chi connectivity index (χ3n) is 7.84. The van der Waals surface area contributed by atoms with Crippen LogP contribution in [0.1, 0.15) is 50.5 Å². The molecule has 5 nitrogen and oxygen atoms in total. The van der Waals surface area contributed by atoms with Gasteiger partial charge in [0.2, 0.25) is 0 Å². The molecule has 0 unspecified atom stereocenters. The summed E-state index contributed by atoms with van der Waals surface area (Å²) in [5.41, 5.74) is 0.886. The van der Waals surface area contributed by atoms with E-state index in [9.17, 15) is 14.3 Å². The number of aliphatic hydroxyl groups excluding tert-OH is 1. The number of urea groups is 1. The number of hydrogen-bond donors (Lipinski definition) is 1. The van der Waals surface area contributed by atoms with Crippen LogP contribution in [0.15, 0.2) is 24.3 Å². The minimum Gasteiger partial charge on any atom is -0.395 e. The first-order valence-electron chi connectivity index (χ1n) is 11.0. The molecule has 1 saturated heterocycles. The second-order valence-electron chi connectivity index (χ2n) is 9.49. The number of benzene rings is 1. The van der Waals surface area contributed by atoms with E-state index in [4.69, 9.17) is 0 Å². The summed E-state index contributed by atoms with van der Waals surface area (Å²) < 4.78 is 13.5. The van der Waals surface area contributed by atoms with E-state index in [1.165, 1.54) is 19.3 Å². The molecule has 1 heterocycles. The van der Waals surface area contributed by atoms with Crippen LogP contribution in [0.4, 0.5) is 9.18 Å². The van der Waals surface area contributed by atoms with Gasteiger partial charge in [-0.1, -0.05) is 18.6 Å². The lowest BCUT2D eigenvalue weighted by atomic mass is 9.68. The van der Waals surface area contributed by atoms with Crippen LogP contribution in [0, 0.1) is 11.7 Å². The van der Waals surface area contributed by atoms with Crippen LogP contribution in [0.2, 0.25) is 0 Å². The van der Waals surface area contributed by atoms with E-state index < -0.39 is 0 Å². The molecular formula is C23H34FN3O2. The van der Waals surface area contributed by atoms with E-state index in [1.54, 1.807) is 12.1 Å². The lowest BCUT2D eigenvalue weighted by Crippen LogP contribution is -2.56. The summed E-state index contributed by atoms with van der Waals surface area (Å²) in [6.07, 6.45) is 7.45. The highest BCUT2D eigenvalue weighted by Crippen LogP contribution is 2.49. The summed E-state index contributed by atoms with van der Waals surface area (Å²) >= 11 is 0. The maximum absolute atomic E-state index is 13.5. The van der Waals surface area contributed by atoms with Gasteiger partial charge in [0.1, 0.15) is 5.82 Å². The number of rotatable bonds is 6. The SMILES string of the molecule is CN(C)[C@]1(c2ccc(F)cc2)CC[C@]2(CC1)CN(CCO)C(=O)N2CC1CCC1. The van der Waals surface area contributed by atoms with Gasteiger partial charge in [0.05, 0.1) is 12.1 Å². The Bertz CT molecular complexity index is 724. The quantitative estimate of drug-likeness (QED) is 0.792. The smallest absolute Gasteiger partial charge is 0.320 e. The van der Waals surface area contributed by atoms with Crippen molar-refractivity contribution < 1.29 is 14.3 Å². The van der Waals surface area contributed by atoms with Crippen molar-refractivity contribution in [3.05, 3.63) is 35.6 Å². The minimum absolute atomic E-state index is 0.0102. The number of carbonyl (C=O) groups excluding carboxylic acids is 1. The van der Waals surface area contributed by atoms with Crippen LogP contribution in [-0.2, 0) is 5.54 Å². The van der Waals surface area contributed by atoms with Gasteiger partial charge in [-0.05, 0) is 76.2 Å². The van der Waals surface area contributed by atoms with Crippen molar-refractivity contribution in [2.75, 3.05) is 40.3 Å². The molecular weight excluding hydrogens is 369 g/mol. The fourth-order valence-corrected chi connectivity index (χ4v) is 5.69. The van der Waals surface area contributed by atoms with Crippen molar-refractivity contribution in [1.82, 2.24) is 14.7 Å². The van der Waals surface area contributed by atoms with Crippen LogP contribution in [0.25, 0.3) is 0 Å². The molecule has 0 atom stereocenters. The lowest BCUT2D eigenvalue weighted by Gasteiger charge is -2.51.